The number of carbonyl (C=O) groups excluding carboxylic acids is 1. The molecule has 1 heterocycles. The van der Waals surface area contributed by atoms with Gasteiger partial charge in [0.25, 0.3) is 11.6 Å². The first-order valence-electron chi connectivity index (χ1n) is 6.64. The van der Waals surface area contributed by atoms with Crippen LogP contribution in [0.25, 0.3) is 0 Å². The van der Waals surface area contributed by atoms with E-state index in [9.17, 15) is 14.9 Å². The van der Waals surface area contributed by atoms with Gasteiger partial charge in [0.1, 0.15) is 5.69 Å². The maximum absolute atomic E-state index is 12.3. The number of benzene rings is 1. The van der Waals surface area contributed by atoms with Crippen molar-refractivity contribution in [3.8, 4) is 0 Å². The van der Waals surface area contributed by atoms with Crippen molar-refractivity contribution in [3.05, 3.63) is 33.9 Å². The molecule has 0 radical (unpaired) electrons. The van der Waals surface area contributed by atoms with E-state index >= 15 is 0 Å². The summed E-state index contributed by atoms with van der Waals surface area (Å²) in [5.74, 6) is -0.319. The van der Waals surface area contributed by atoms with Crippen LogP contribution < -0.4 is 10.7 Å². The standard InChI is InChI=1S/C13H18N4O3/c1-14-12-10(6-5-7-11(12)17(19)20)13(18)15-16-8-3-2-4-9-16/h5-7,14H,2-4,8-9H2,1H3,(H,15,18). The summed E-state index contributed by atoms with van der Waals surface area (Å²) in [6, 6.07) is 4.48. The van der Waals surface area contributed by atoms with Gasteiger partial charge < -0.3 is 5.32 Å². The van der Waals surface area contributed by atoms with Crippen molar-refractivity contribution in [3.63, 3.8) is 0 Å². The van der Waals surface area contributed by atoms with Crippen LogP contribution in [0.1, 0.15) is 29.6 Å². The number of para-hydroxylation sites is 1. The van der Waals surface area contributed by atoms with Crippen molar-refractivity contribution >= 4 is 17.3 Å². The molecular formula is C13H18N4O3. The number of hydrazine groups is 1. The molecule has 1 aromatic rings. The van der Waals surface area contributed by atoms with Gasteiger partial charge >= 0.3 is 0 Å². The number of nitrogens with one attached hydrogen (secondary N) is 2. The molecule has 2 rings (SSSR count). The molecule has 1 aliphatic heterocycles. The quantitative estimate of drug-likeness (QED) is 0.647. The van der Waals surface area contributed by atoms with Crippen molar-refractivity contribution in [2.45, 2.75) is 19.3 Å². The SMILES string of the molecule is CNc1c(C(=O)NN2CCCCC2)cccc1[N+](=O)[O-]. The van der Waals surface area contributed by atoms with Gasteiger partial charge in [-0.2, -0.15) is 0 Å². The molecule has 1 amide bonds. The molecule has 0 saturated carbocycles. The zero-order valence-corrected chi connectivity index (χ0v) is 11.4. The number of carbonyl (C=O) groups is 1. The highest BCUT2D eigenvalue weighted by molar-refractivity contribution is 6.01. The van der Waals surface area contributed by atoms with E-state index in [4.69, 9.17) is 0 Å². The summed E-state index contributed by atoms with van der Waals surface area (Å²) in [5.41, 5.74) is 3.24. The number of nitrogens with zero attached hydrogens (tertiary/aromatic N) is 2. The van der Waals surface area contributed by atoms with Crippen LogP contribution in [0.4, 0.5) is 11.4 Å². The molecule has 2 N–H and O–H groups in total. The Hall–Kier alpha value is -2.15. The third kappa shape index (κ3) is 3.05. The van der Waals surface area contributed by atoms with Gasteiger partial charge in [-0.25, -0.2) is 5.01 Å². The summed E-state index contributed by atoms with van der Waals surface area (Å²) in [6.07, 6.45) is 3.27. The minimum Gasteiger partial charge on any atom is -0.382 e. The minimum absolute atomic E-state index is 0.0983. The first-order valence-corrected chi connectivity index (χ1v) is 6.64. The fraction of sp³-hybridized carbons (Fsp3) is 0.462. The zero-order chi connectivity index (χ0) is 14.5. The van der Waals surface area contributed by atoms with Gasteiger partial charge in [0.15, 0.2) is 0 Å². The molecule has 0 spiro atoms. The van der Waals surface area contributed by atoms with E-state index in [0.29, 0.717) is 0 Å². The summed E-state index contributed by atoms with van der Waals surface area (Å²) >= 11 is 0. The van der Waals surface area contributed by atoms with Crippen molar-refractivity contribution in [1.82, 2.24) is 10.4 Å². The Morgan fingerprint density at radius 1 is 1.30 bits per heavy atom. The Morgan fingerprint density at radius 3 is 2.60 bits per heavy atom. The number of hydrogen-bond acceptors (Lipinski definition) is 5. The molecule has 0 bridgehead atoms. The number of hydrogen-bond donors (Lipinski definition) is 2. The average molecular weight is 278 g/mol. The Bertz CT molecular complexity index is 512. The Kier molecular flexibility index (Phi) is 4.52. The van der Waals surface area contributed by atoms with E-state index in [-0.39, 0.29) is 22.8 Å². The van der Waals surface area contributed by atoms with Crippen LogP contribution in [0.5, 0.6) is 0 Å². The predicted octanol–water partition coefficient (Wildman–Crippen LogP) is 1.77. The van der Waals surface area contributed by atoms with Gasteiger partial charge in [0.2, 0.25) is 0 Å². The van der Waals surface area contributed by atoms with E-state index in [0.717, 1.165) is 25.9 Å². The lowest BCUT2D eigenvalue weighted by atomic mass is 10.1. The molecule has 1 aromatic carbocycles. The van der Waals surface area contributed by atoms with Gasteiger partial charge in [0, 0.05) is 26.2 Å². The molecule has 7 heteroatoms. The zero-order valence-electron chi connectivity index (χ0n) is 11.4. The number of piperidine rings is 1. The molecule has 1 fully saturated rings. The fourth-order valence-electron chi connectivity index (χ4n) is 2.35. The maximum atomic E-state index is 12.3. The van der Waals surface area contributed by atoms with Gasteiger partial charge in [-0.1, -0.05) is 12.5 Å². The molecule has 108 valence electrons. The number of rotatable bonds is 4. The van der Waals surface area contributed by atoms with E-state index < -0.39 is 4.92 Å². The van der Waals surface area contributed by atoms with Crippen LogP contribution in [-0.2, 0) is 0 Å². The first kappa shape index (κ1) is 14.3. The van der Waals surface area contributed by atoms with Crippen molar-refractivity contribution < 1.29 is 9.72 Å². The molecule has 1 saturated heterocycles. The second kappa shape index (κ2) is 6.33. The monoisotopic (exact) mass is 278 g/mol. The smallest absolute Gasteiger partial charge is 0.293 e. The lowest BCUT2D eigenvalue weighted by molar-refractivity contribution is -0.384. The molecule has 0 aliphatic carbocycles. The topological polar surface area (TPSA) is 87.5 Å². The summed E-state index contributed by atoms with van der Waals surface area (Å²) in [4.78, 5) is 22.7. The molecular weight excluding hydrogens is 260 g/mol. The molecule has 0 aromatic heterocycles. The van der Waals surface area contributed by atoms with E-state index in [1.54, 1.807) is 13.1 Å². The Balaban J connectivity index is 2.20. The minimum atomic E-state index is -0.497. The van der Waals surface area contributed by atoms with Gasteiger partial charge in [0.05, 0.1) is 10.5 Å². The highest BCUT2D eigenvalue weighted by Crippen LogP contribution is 2.27. The van der Waals surface area contributed by atoms with E-state index in [2.05, 4.69) is 10.7 Å². The maximum Gasteiger partial charge on any atom is 0.293 e. The van der Waals surface area contributed by atoms with Crippen molar-refractivity contribution in [2.75, 3.05) is 25.5 Å². The molecule has 20 heavy (non-hydrogen) atoms. The number of nitro groups is 1. The molecule has 0 unspecified atom stereocenters. The van der Waals surface area contributed by atoms with Crippen LogP contribution in [0.15, 0.2) is 18.2 Å². The van der Waals surface area contributed by atoms with E-state index in [1.807, 2.05) is 5.01 Å². The van der Waals surface area contributed by atoms with Crippen LogP contribution in [0.2, 0.25) is 0 Å². The number of anilines is 1. The lowest BCUT2D eigenvalue weighted by Gasteiger charge is -2.27. The van der Waals surface area contributed by atoms with E-state index in [1.165, 1.54) is 18.6 Å². The van der Waals surface area contributed by atoms with Crippen molar-refractivity contribution in [2.24, 2.45) is 0 Å². The van der Waals surface area contributed by atoms with Crippen LogP contribution in [0.3, 0.4) is 0 Å². The summed E-state index contributed by atoms with van der Waals surface area (Å²) in [7, 11) is 1.57. The Labute approximate surface area is 117 Å². The average Bonchev–Trinajstić information content (AvgIpc) is 2.47. The van der Waals surface area contributed by atoms with Crippen LogP contribution in [0, 0.1) is 10.1 Å². The molecule has 1 aliphatic rings. The van der Waals surface area contributed by atoms with Crippen LogP contribution in [-0.4, -0.2) is 36.0 Å². The lowest BCUT2D eigenvalue weighted by Crippen LogP contribution is -2.45. The predicted molar refractivity (Wildman–Crippen MR) is 75.5 cm³/mol. The highest BCUT2D eigenvalue weighted by Gasteiger charge is 2.22. The van der Waals surface area contributed by atoms with Gasteiger partial charge in [-0.3, -0.25) is 20.3 Å². The second-order valence-electron chi connectivity index (χ2n) is 4.70. The normalized spacial score (nSPS) is 15.7. The van der Waals surface area contributed by atoms with Gasteiger partial charge in [-0.05, 0) is 18.9 Å². The number of nitro benzene ring substituents is 1. The molecule has 7 nitrogen and oxygen atoms in total. The largest absolute Gasteiger partial charge is 0.382 e. The first-order chi connectivity index (χ1) is 9.63. The second-order valence-corrected chi connectivity index (χ2v) is 4.70. The molecule has 0 atom stereocenters. The highest BCUT2D eigenvalue weighted by atomic mass is 16.6. The van der Waals surface area contributed by atoms with Gasteiger partial charge in [-0.15, -0.1) is 0 Å². The third-order valence-electron chi connectivity index (χ3n) is 3.35. The fourth-order valence-corrected chi connectivity index (χ4v) is 2.35. The summed E-state index contributed by atoms with van der Waals surface area (Å²) in [5, 5.41) is 15.6. The summed E-state index contributed by atoms with van der Waals surface area (Å²) < 4.78 is 0. The third-order valence-corrected chi connectivity index (χ3v) is 3.35. The Morgan fingerprint density at radius 2 is 2.00 bits per heavy atom. The summed E-state index contributed by atoms with van der Waals surface area (Å²) in [6.45, 7) is 1.63. The van der Waals surface area contributed by atoms with Crippen molar-refractivity contribution in [1.29, 1.82) is 0 Å². The van der Waals surface area contributed by atoms with Crippen LogP contribution >= 0.6 is 0 Å². The number of amides is 1.